The van der Waals surface area contributed by atoms with Crippen molar-refractivity contribution in [2.45, 2.75) is 11.4 Å². The van der Waals surface area contributed by atoms with E-state index in [0.29, 0.717) is 0 Å². The van der Waals surface area contributed by atoms with Crippen molar-refractivity contribution in [1.29, 1.82) is 0 Å². The van der Waals surface area contributed by atoms with Gasteiger partial charge in [0.05, 0.1) is 4.47 Å². The van der Waals surface area contributed by atoms with Crippen LogP contribution in [0.2, 0.25) is 0 Å². The lowest BCUT2D eigenvalue weighted by atomic mass is 10.1. The van der Waals surface area contributed by atoms with Crippen LogP contribution in [-0.2, 0) is 10.0 Å². The van der Waals surface area contributed by atoms with E-state index in [2.05, 4.69) is 21.1 Å². The van der Waals surface area contributed by atoms with E-state index < -0.39 is 27.0 Å². The molecule has 1 atom stereocenters. The molecule has 0 aliphatic carbocycles. The van der Waals surface area contributed by atoms with Crippen molar-refractivity contribution in [2.24, 2.45) is 5.14 Å². The van der Waals surface area contributed by atoms with Crippen LogP contribution in [-0.4, -0.2) is 21.4 Å². The number of hydrogen-bond acceptors (Lipinski definition) is 4. The highest BCUT2D eigenvalue weighted by molar-refractivity contribution is 9.10. The molecule has 1 aliphatic rings. The van der Waals surface area contributed by atoms with Crippen molar-refractivity contribution < 1.29 is 31.1 Å². The van der Waals surface area contributed by atoms with E-state index in [9.17, 15) is 21.6 Å². The minimum absolute atomic E-state index is 0.0299. The molecule has 10 heteroatoms. The summed E-state index contributed by atoms with van der Waals surface area (Å²) in [7, 11) is -4.85. The predicted molar refractivity (Wildman–Crippen MR) is 62.2 cm³/mol. The normalized spacial score (nSPS) is 16.5. The highest BCUT2D eigenvalue weighted by Crippen LogP contribution is 2.45. The fourth-order valence-corrected chi connectivity index (χ4v) is 3.17. The van der Waals surface area contributed by atoms with Crippen LogP contribution in [0.3, 0.4) is 0 Å². The molecule has 1 aromatic rings. The van der Waals surface area contributed by atoms with E-state index in [1.54, 1.807) is 0 Å². The molecule has 2 rings (SSSR count). The fraction of sp³-hybridized carbons (Fsp3) is 0.333. The van der Waals surface area contributed by atoms with Crippen molar-refractivity contribution in [3.63, 3.8) is 0 Å². The largest absolute Gasteiger partial charge is 0.454 e. The van der Waals surface area contributed by atoms with Crippen molar-refractivity contribution in [3.05, 3.63) is 22.2 Å². The van der Waals surface area contributed by atoms with Gasteiger partial charge < -0.3 is 9.47 Å². The lowest BCUT2D eigenvalue weighted by molar-refractivity contribution is -0.131. The van der Waals surface area contributed by atoms with Crippen LogP contribution in [0.4, 0.5) is 13.2 Å². The summed E-state index contributed by atoms with van der Waals surface area (Å²) in [4.78, 5) is 0. The Hall–Kier alpha value is -1.00. The number of benzene rings is 1. The van der Waals surface area contributed by atoms with Crippen LogP contribution in [0, 0.1) is 0 Å². The zero-order chi connectivity index (χ0) is 14.4. The van der Waals surface area contributed by atoms with Gasteiger partial charge in [-0.2, -0.15) is 13.2 Å². The molecular weight excluding hydrogens is 355 g/mol. The quantitative estimate of drug-likeness (QED) is 0.874. The van der Waals surface area contributed by atoms with Gasteiger partial charge in [-0.05, 0) is 33.6 Å². The Morgan fingerprint density at radius 1 is 1.32 bits per heavy atom. The molecule has 0 amide bonds. The van der Waals surface area contributed by atoms with Crippen LogP contribution in [0.15, 0.2) is 16.6 Å². The van der Waals surface area contributed by atoms with Crippen LogP contribution in [0.1, 0.15) is 10.8 Å². The second-order valence-corrected chi connectivity index (χ2v) is 6.25. The second-order valence-electron chi connectivity index (χ2n) is 3.75. The van der Waals surface area contributed by atoms with E-state index in [4.69, 9.17) is 9.47 Å². The van der Waals surface area contributed by atoms with Gasteiger partial charge in [-0.15, -0.1) is 0 Å². The molecule has 0 saturated carbocycles. The summed E-state index contributed by atoms with van der Waals surface area (Å²) < 4.78 is 70.9. The first-order valence-electron chi connectivity index (χ1n) is 4.78. The number of ether oxygens (including phenoxy) is 2. The fourth-order valence-electron chi connectivity index (χ4n) is 1.70. The van der Waals surface area contributed by atoms with E-state index in [0.717, 1.165) is 12.1 Å². The Morgan fingerprint density at radius 2 is 1.95 bits per heavy atom. The minimum atomic E-state index is -5.03. The van der Waals surface area contributed by atoms with Gasteiger partial charge in [0, 0.05) is 0 Å². The van der Waals surface area contributed by atoms with Crippen LogP contribution in [0.25, 0.3) is 0 Å². The molecular formula is C9H7BrF3NO4S. The Morgan fingerprint density at radius 3 is 2.47 bits per heavy atom. The molecule has 0 radical (unpaired) electrons. The second kappa shape index (κ2) is 4.53. The smallest absolute Gasteiger partial charge is 0.410 e. The average Bonchev–Trinajstić information content (AvgIpc) is 2.60. The number of fused-ring (bicyclic) bond motifs is 1. The molecule has 1 aliphatic heterocycles. The zero-order valence-corrected chi connectivity index (χ0v) is 11.5. The molecule has 0 bridgehead atoms. The van der Waals surface area contributed by atoms with Crippen molar-refractivity contribution >= 4 is 26.0 Å². The third kappa shape index (κ3) is 2.79. The molecule has 0 aromatic heterocycles. The van der Waals surface area contributed by atoms with Gasteiger partial charge in [-0.3, -0.25) is 0 Å². The van der Waals surface area contributed by atoms with Gasteiger partial charge in [0.1, 0.15) is 0 Å². The maximum Gasteiger partial charge on any atom is 0.410 e. The summed E-state index contributed by atoms with van der Waals surface area (Å²) in [5.41, 5.74) is -0.536. The maximum absolute atomic E-state index is 12.8. The van der Waals surface area contributed by atoms with Crippen LogP contribution < -0.4 is 14.6 Å². The lowest BCUT2D eigenvalue weighted by Gasteiger charge is -2.19. The maximum atomic E-state index is 12.8. The number of nitrogens with two attached hydrogens (primary N) is 1. The summed E-state index contributed by atoms with van der Waals surface area (Å²) in [6, 6.07) is 1.95. The van der Waals surface area contributed by atoms with Crippen molar-refractivity contribution in [2.75, 3.05) is 6.79 Å². The summed E-state index contributed by atoms with van der Waals surface area (Å²) >= 11 is 2.99. The first kappa shape index (κ1) is 14.4. The van der Waals surface area contributed by atoms with Crippen molar-refractivity contribution in [3.8, 4) is 11.5 Å². The molecule has 1 aromatic carbocycles. The van der Waals surface area contributed by atoms with Crippen molar-refractivity contribution in [1.82, 2.24) is 0 Å². The number of sulfonamides is 1. The van der Waals surface area contributed by atoms with E-state index in [1.807, 2.05) is 0 Å². The molecule has 0 saturated heterocycles. The number of primary sulfonamides is 1. The summed E-state index contributed by atoms with van der Waals surface area (Å²) in [6.07, 6.45) is -5.03. The standard InChI is InChI=1S/C9H7BrF3NO4S/c10-5-1-4(2-6-7(5)18-3-17-6)8(9(11,12)13)19(14,15)16/h1-2,8H,3H2,(H2,14,15,16). The summed E-state index contributed by atoms with van der Waals surface area (Å²) in [5, 5.41) is 1.84. The molecule has 2 N–H and O–H groups in total. The van der Waals surface area contributed by atoms with Gasteiger partial charge in [0.2, 0.25) is 16.8 Å². The number of rotatable bonds is 2. The number of halogens is 4. The van der Waals surface area contributed by atoms with Gasteiger partial charge in [0.15, 0.2) is 16.7 Å². The summed E-state index contributed by atoms with van der Waals surface area (Å²) in [5.74, 6) is 0.251. The van der Waals surface area contributed by atoms with E-state index in [1.165, 1.54) is 0 Å². The first-order chi connectivity index (χ1) is 8.60. The lowest BCUT2D eigenvalue weighted by Crippen LogP contribution is -2.33. The van der Waals surface area contributed by atoms with Crippen LogP contribution in [0.5, 0.6) is 11.5 Å². The minimum Gasteiger partial charge on any atom is -0.454 e. The Labute approximate surface area is 114 Å². The highest BCUT2D eigenvalue weighted by atomic mass is 79.9. The SMILES string of the molecule is NS(=O)(=O)C(c1cc(Br)c2c(c1)OCO2)C(F)(F)F. The highest BCUT2D eigenvalue weighted by Gasteiger charge is 2.49. The zero-order valence-electron chi connectivity index (χ0n) is 9.07. The van der Waals surface area contributed by atoms with Gasteiger partial charge in [0.25, 0.3) is 0 Å². The van der Waals surface area contributed by atoms with E-state index in [-0.39, 0.29) is 22.8 Å². The van der Waals surface area contributed by atoms with Crippen LogP contribution >= 0.6 is 15.9 Å². The average molecular weight is 362 g/mol. The molecule has 5 nitrogen and oxygen atoms in total. The Kier molecular flexibility index (Phi) is 3.43. The van der Waals surface area contributed by atoms with Gasteiger partial charge >= 0.3 is 6.18 Å². The molecule has 1 heterocycles. The number of hydrogen-bond donors (Lipinski definition) is 1. The third-order valence-electron chi connectivity index (χ3n) is 2.38. The van der Waals surface area contributed by atoms with E-state index >= 15 is 0 Å². The topological polar surface area (TPSA) is 78.6 Å². The van der Waals surface area contributed by atoms with Gasteiger partial charge in [-0.25, -0.2) is 13.6 Å². The Bertz CT molecular complexity index is 617. The Balaban J connectivity index is 2.59. The summed E-state index contributed by atoms with van der Waals surface area (Å²) in [6.45, 7) is -0.149. The molecule has 0 fully saturated rings. The number of alkyl halides is 3. The predicted octanol–water partition coefficient (Wildman–Crippen LogP) is 2.07. The third-order valence-corrected chi connectivity index (χ3v) is 4.16. The molecule has 19 heavy (non-hydrogen) atoms. The monoisotopic (exact) mass is 361 g/mol. The molecule has 1 unspecified atom stereocenters. The molecule has 0 spiro atoms. The molecule has 106 valence electrons. The first-order valence-corrected chi connectivity index (χ1v) is 7.18. The van der Waals surface area contributed by atoms with Gasteiger partial charge in [-0.1, -0.05) is 0 Å².